The second kappa shape index (κ2) is 9.92. The number of hydrogen-bond donors (Lipinski definition) is 1. The highest BCUT2D eigenvalue weighted by Gasteiger charge is 2.27. The second-order valence-corrected chi connectivity index (χ2v) is 10.1. The summed E-state index contributed by atoms with van der Waals surface area (Å²) >= 11 is 0. The van der Waals surface area contributed by atoms with Crippen LogP contribution in [0.25, 0.3) is 0 Å². The van der Waals surface area contributed by atoms with E-state index >= 15 is 0 Å². The number of sulfonamides is 1. The zero-order chi connectivity index (χ0) is 22.6. The molecule has 0 bridgehead atoms. The number of fused-ring (bicyclic) bond motifs is 1. The summed E-state index contributed by atoms with van der Waals surface area (Å²) in [6.45, 7) is 3.10. The molecule has 2 aromatic rings. The van der Waals surface area contributed by atoms with Crippen LogP contribution >= 0.6 is 0 Å². The van der Waals surface area contributed by atoms with Crippen molar-refractivity contribution in [2.24, 2.45) is 0 Å². The molecule has 1 amide bonds. The minimum Gasteiger partial charge on any atom is -0.492 e. The number of nitrogens with one attached hydrogen (secondary N) is 1. The average Bonchev–Trinajstić information content (AvgIpc) is 3.27. The molecule has 0 aromatic heterocycles. The topological polar surface area (TPSA) is 84.9 Å². The first-order valence-corrected chi connectivity index (χ1v) is 12.7. The molecule has 2 aliphatic rings. The summed E-state index contributed by atoms with van der Waals surface area (Å²) in [6.07, 6.45) is 6.04. The molecule has 0 saturated carbocycles. The normalized spacial score (nSPS) is 16.4. The molecule has 0 unspecified atom stereocenters. The lowest BCUT2D eigenvalue weighted by molar-refractivity contribution is -0.118. The molecule has 1 heterocycles. The molecular weight excluding hydrogens is 428 g/mol. The summed E-state index contributed by atoms with van der Waals surface area (Å²) in [4.78, 5) is 12.7. The first-order chi connectivity index (χ1) is 15.5. The molecule has 1 fully saturated rings. The van der Waals surface area contributed by atoms with E-state index in [4.69, 9.17) is 9.47 Å². The van der Waals surface area contributed by atoms with Crippen molar-refractivity contribution in [2.45, 2.75) is 50.3 Å². The highest BCUT2D eigenvalue weighted by Crippen LogP contribution is 2.30. The molecule has 8 heteroatoms. The van der Waals surface area contributed by atoms with Gasteiger partial charge in [0.2, 0.25) is 10.0 Å². The summed E-state index contributed by atoms with van der Waals surface area (Å²) in [5.41, 5.74) is 2.94. The van der Waals surface area contributed by atoms with Gasteiger partial charge in [-0.3, -0.25) is 4.79 Å². The summed E-state index contributed by atoms with van der Waals surface area (Å²) in [5.74, 6) is 0.710. The number of rotatable bonds is 8. The predicted molar refractivity (Wildman–Crippen MR) is 123 cm³/mol. The van der Waals surface area contributed by atoms with Crippen LogP contribution in [0.15, 0.2) is 41.3 Å². The standard InChI is InChI=1S/C24H30N2O5S/c1-2-30-23-12-11-21(32(28,29)26-13-4-3-5-14-26)16-22(23)25-24(27)17-31-20-10-9-18-7-6-8-19(18)15-20/h9-12,15-16H,2-8,13-14,17H2,1H3,(H,25,27). The number of piperidine rings is 1. The molecule has 1 aliphatic heterocycles. The van der Waals surface area contributed by atoms with Crippen molar-refractivity contribution in [1.82, 2.24) is 4.31 Å². The van der Waals surface area contributed by atoms with E-state index in [0.717, 1.165) is 38.5 Å². The fourth-order valence-electron chi connectivity index (χ4n) is 4.28. The molecule has 1 aliphatic carbocycles. The molecule has 1 saturated heterocycles. The van der Waals surface area contributed by atoms with Crippen molar-refractivity contribution in [3.63, 3.8) is 0 Å². The van der Waals surface area contributed by atoms with E-state index in [0.29, 0.717) is 36.9 Å². The smallest absolute Gasteiger partial charge is 0.262 e. The molecule has 0 atom stereocenters. The van der Waals surface area contributed by atoms with Gasteiger partial charge in [0.25, 0.3) is 5.91 Å². The van der Waals surface area contributed by atoms with Crippen LogP contribution in [-0.4, -0.2) is 44.9 Å². The van der Waals surface area contributed by atoms with Crippen LogP contribution in [0.5, 0.6) is 11.5 Å². The van der Waals surface area contributed by atoms with Gasteiger partial charge in [-0.15, -0.1) is 0 Å². The summed E-state index contributed by atoms with van der Waals surface area (Å²) in [6, 6.07) is 10.5. The van der Waals surface area contributed by atoms with E-state index in [1.807, 2.05) is 19.1 Å². The Balaban J connectivity index is 1.47. The average molecular weight is 459 g/mol. The van der Waals surface area contributed by atoms with Gasteiger partial charge in [0.1, 0.15) is 11.5 Å². The predicted octanol–water partition coefficient (Wildman–Crippen LogP) is 3.77. The SMILES string of the molecule is CCOc1ccc(S(=O)(=O)N2CCCCC2)cc1NC(=O)COc1ccc2c(c1)CCC2. The van der Waals surface area contributed by atoms with Crippen molar-refractivity contribution >= 4 is 21.6 Å². The molecule has 2 aromatic carbocycles. The van der Waals surface area contributed by atoms with Gasteiger partial charge in [0.05, 0.1) is 17.2 Å². The van der Waals surface area contributed by atoms with Gasteiger partial charge in [0.15, 0.2) is 6.61 Å². The lowest BCUT2D eigenvalue weighted by atomic mass is 10.1. The number of nitrogens with zero attached hydrogens (tertiary/aromatic N) is 1. The van der Waals surface area contributed by atoms with Gasteiger partial charge in [-0.05, 0) is 80.5 Å². The third-order valence-corrected chi connectivity index (χ3v) is 7.81. The van der Waals surface area contributed by atoms with Gasteiger partial charge >= 0.3 is 0 Å². The van der Waals surface area contributed by atoms with E-state index in [9.17, 15) is 13.2 Å². The van der Waals surface area contributed by atoms with Crippen LogP contribution < -0.4 is 14.8 Å². The Bertz CT molecular complexity index is 1080. The molecule has 1 N–H and O–H groups in total. The van der Waals surface area contributed by atoms with Crippen LogP contribution in [0.4, 0.5) is 5.69 Å². The van der Waals surface area contributed by atoms with Gasteiger partial charge < -0.3 is 14.8 Å². The molecule has 0 spiro atoms. The molecule has 32 heavy (non-hydrogen) atoms. The number of carbonyl (C=O) groups is 1. The summed E-state index contributed by atoms with van der Waals surface area (Å²) in [7, 11) is -3.62. The Morgan fingerprint density at radius 2 is 1.75 bits per heavy atom. The van der Waals surface area contributed by atoms with Crippen molar-refractivity contribution in [3.8, 4) is 11.5 Å². The van der Waals surface area contributed by atoms with Crippen molar-refractivity contribution in [1.29, 1.82) is 0 Å². The first kappa shape index (κ1) is 22.6. The molecule has 7 nitrogen and oxygen atoms in total. The van der Waals surface area contributed by atoms with Crippen LogP contribution in [0.3, 0.4) is 0 Å². The maximum atomic E-state index is 13.0. The maximum absolute atomic E-state index is 13.0. The highest BCUT2D eigenvalue weighted by molar-refractivity contribution is 7.89. The molecule has 4 rings (SSSR count). The zero-order valence-electron chi connectivity index (χ0n) is 18.4. The summed E-state index contributed by atoms with van der Waals surface area (Å²) in [5, 5.41) is 2.76. The Morgan fingerprint density at radius 1 is 0.969 bits per heavy atom. The molecular formula is C24H30N2O5S. The lowest BCUT2D eigenvalue weighted by Gasteiger charge is -2.26. The van der Waals surface area contributed by atoms with Crippen LogP contribution in [0, 0.1) is 0 Å². The third-order valence-electron chi connectivity index (χ3n) is 5.92. The quantitative estimate of drug-likeness (QED) is 0.651. The first-order valence-electron chi connectivity index (χ1n) is 11.3. The lowest BCUT2D eigenvalue weighted by Crippen LogP contribution is -2.35. The fraction of sp³-hybridized carbons (Fsp3) is 0.458. The maximum Gasteiger partial charge on any atom is 0.262 e. The van der Waals surface area contributed by atoms with E-state index in [-0.39, 0.29) is 17.4 Å². The number of amides is 1. The van der Waals surface area contributed by atoms with Gasteiger partial charge in [0, 0.05) is 13.1 Å². The summed E-state index contributed by atoms with van der Waals surface area (Å²) < 4.78 is 38.9. The van der Waals surface area contributed by atoms with Crippen molar-refractivity contribution in [2.75, 3.05) is 31.6 Å². The van der Waals surface area contributed by atoms with E-state index < -0.39 is 10.0 Å². The number of ether oxygens (including phenoxy) is 2. The Morgan fingerprint density at radius 3 is 2.53 bits per heavy atom. The Kier molecular flexibility index (Phi) is 7.01. The van der Waals surface area contributed by atoms with E-state index in [1.54, 1.807) is 6.07 Å². The van der Waals surface area contributed by atoms with Crippen LogP contribution in [0.2, 0.25) is 0 Å². The highest BCUT2D eigenvalue weighted by atomic mass is 32.2. The fourth-order valence-corrected chi connectivity index (χ4v) is 5.82. The van der Waals surface area contributed by atoms with Crippen LogP contribution in [0.1, 0.15) is 43.7 Å². The molecule has 0 radical (unpaired) electrons. The number of benzene rings is 2. The number of aryl methyl sites for hydroxylation is 2. The zero-order valence-corrected chi connectivity index (χ0v) is 19.2. The minimum absolute atomic E-state index is 0.151. The van der Waals surface area contributed by atoms with Gasteiger partial charge in [-0.25, -0.2) is 8.42 Å². The monoisotopic (exact) mass is 458 g/mol. The van der Waals surface area contributed by atoms with Crippen molar-refractivity contribution in [3.05, 3.63) is 47.5 Å². The van der Waals surface area contributed by atoms with E-state index in [1.165, 1.54) is 27.6 Å². The molecule has 172 valence electrons. The van der Waals surface area contributed by atoms with E-state index in [2.05, 4.69) is 11.4 Å². The van der Waals surface area contributed by atoms with Gasteiger partial charge in [-0.1, -0.05) is 12.5 Å². The largest absolute Gasteiger partial charge is 0.492 e. The number of hydrogen-bond acceptors (Lipinski definition) is 5. The number of carbonyl (C=O) groups excluding carboxylic acids is 1. The van der Waals surface area contributed by atoms with Gasteiger partial charge in [-0.2, -0.15) is 4.31 Å². The minimum atomic E-state index is -3.62. The van der Waals surface area contributed by atoms with Crippen LogP contribution in [-0.2, 0) is 27.7 Å². The third kappa shape index (κ3) is 5.07. The second-order valence-electron chi connectivity index (χ2n) is 8.18. The Hall–Kier alpha value is -2.58. The number of anilines is 1. The van der Waals surface area contributed by atoms with Crippen molar-refractivity contribution < 1.29 is 22.7 Å². The Labute approximate surface area is 189 Å².